The predicted octanol–water partition coefficient (Wildman–Crippen LogP) is 3.95. The molecule has 0 amide bonds. The van der Waals surface area contributed by atoms with Crippen LogP contribution in [0.15, 0.2) is 60.1 Å². The van der Waals surface area contributed by atoms with Gasteiger partial charge in [0.2, 0.25) is 10.0 Å². The Morgan fingerprint density at radius 3 is 2.52 bits per heavy atom. The highest BCUT2D eigenvalue weighted by Gasteiger charge is 2.20. The molecule has 0 fully saturated rings. The highest BCUT2D eigenvalue weighted by molar-refractivity contribution is 7.92. The second-order valence-corrected chi connectivity index (χ2v) is 8.22. The Labute approximate surface area is 160 Å². The summed E-state index contributed by atoms with van der Waals surface area (Å²) in [4.78, 5) is 14.8. The van der Waals surface area contributed by atoms with Crippen LogP contribution in [0.25, 0.3) is 12.2 Å². The number of nitrogens with zero attached hydrogens (tertiary/aromatic N) is 1. The second kappa shape index (κ2) is 8.15. The van der Waals surface area contributed by atoms with E-state index < -0.39 is 16.0 Å². The van der Waals surface area contributed by atoms with E-state index in [0.29, 0.717) is 5.56 Å². The molecule has 0 atom stereocenters. The molecule has 1 aromatic heterocycles. The van der Waals surface area contributed by atoms with E-state index in [0.717, 1.165) is 22.5 Å². The average molecular weight is 400 g/mol. The van der Waals surface area contributed by atoms with Crippen LogP contribution in [0.4, 0.5) is 5.00 Å². The molecule has 0 saturated heterocycles. The zero-order chi connectivity index (χ0) is 19.3. The van der Waals surface area contributed by atoms with Crippen LogP contribution in [0.5, 0.6) is 0 Å². The first-order valence-electron chi connectivity index (χ1n) is 7.93. The second-order valence-electron chi connectivity index (χ2n) is 5.64. The fourth-order valence-electron chi connectivity index (χ4n) is 2.43. The van der Waals surface area contributed by atoms with Gasteiger partial charge in [-0.15, -0.1) is 11.3 Å². The Hall–Kier alpha value is -2.97. The Morgan fingerprint density at radius 2 is 1.78 bits per heavy atom. The van der Waals surface area contributed by atoms with E-state index in [9.17, 15) is 13.2 Å². The molecule has 0 spiro atoms. The molecule has 3 aromatic rings. The van der Waals surface area contributed by atoms with Crippen molar-refractivity contribution in [3.05, 3.63) is 82.5 Å². The normalized spacial score (nSPS) is 11.6. The smallest absolute Gasteiger partial charge is 0.357 e. The maximum absolute atomic E-state index is 12.5. The zero-order valence-electron chi connectivity index (χ0n) is 14.1. The first kappa shape index (κ1) is 18.8. The summed E-state index contributed by atoms with van der Waals surface area (Å²) in [7, 11) is -3.80. The summed E-state index contributed by atoms with van der Waals surface area (Å²) in [5, 5.41) is 9.06. The molecule has 2 aromatic carbocycles. The molecule has 138 valence electrons. The molecule has 0 unspecified atom stereocenters. The Bertz CT molecular complexity index is 1070. The summed E-state index contributed by atoms with van der Waals surface area (Å²) in [6, 6.07) is 16.8. The number of carboxylic acids is 1. The van der Waals surface area contributed by atoms with E-state index >= 15 is 0 Å². The van der Waals surface area contributed by atoms with Gasteiger partial charge in [-0.1, -0.05) is 66.7 Å². The van der Waals surface area contributed by atoms with Crippen molar-refractivity contribution in [3.8, 4) is 0 Å². The molecule has 2 N–H and O–H groups in total. The number of hydrogen-bond donors (Lipinski definition) is 2. The number of anilines is 1. The third kappa shape index (κ3) is 5.02. The largest absolute Gasteiger partial charge is 0.476 e. The molecule has 0 aliphatic heterocycles. The molecule has 0 bridgehead atoms. The van der Waals surface area contributed by atoms with E-state index in [1.165, 1.54) is 5.51 Å². The molecule has 0 aliphatic carbocycles. The number of aromatic carboxylic acids is 1. The first-order valence-corrected chi connectivity index (χ1v) is 10.5. The monoisotopic (exact) mass is 400 g/mol. The SMILES string of the molecule is O=C(O)c1ncsc1NS(=O)(=O)Cc1ccccc1C=Cc1ccccc1. The molecule has 0 saturated carbocycles. The van der Waals surface area contributed by atoms with Crippen LogP contribution in [-0.4, -0.2) is 24.5 Å². The van der Waals surface area contributed by atoms with E-state index in [-0.39, 0.29) is 16.4 Å². The number of rotatable bonds is 7. The van der Waals surface area contributed by atoms with Gasteiger partial charge in [-0.05, 0) is 16.7 Å². The van der Waals surface area contributed by atoms with Crippen molar-refractivity contribution >= 4 is 44.5 Å². The van der Waals surface area contributed by atoms with Crippen LogP contribution in [0.1, 0.15) is 27.2 Å². The van der Waals surface area contributed by atoms with Gasteiger partial charge in [-0.3, -0.25) is 4.72 Å². The zero-order valence-corrected chi connectivity index (χ0v) is 15.7. The molecule has 27 heavy (non-hydrogen) atoms. The van der Waals surface area contributed by atoms with Crippen LogP contribution < -0.4 is 4.72 Å². The third-order valence-electron chi connectivity index (χ3n) is 3.67. The minimum atomic E-state index is -3.80. The highest BCUT2D eigenvalue weighted by atomic mass is 32.2. The average Bonchev–Trinajstić information content (AvgIpc) is 3.09. The van der Waals surface area contributed by atoms with Gasteiger partial charge in [0, 0.05) is 0 Å². The highest BCUT2D eigenvalue weighted by Crippen LogP contribution is 2.23. The Balaban J connectivity index is 1.82. The van der Waals surface area contributed by atoms with Crippen LogP contribution in [-0.2, 0) is 15.8 Å². The summed E-state index contributed by atoms with van der Waals surface area (Å²) < 4.78 is 27.4. The number of hydrogen-bond acceptors (Lipinski definition) is 5. The van der Waals surface area contributed by atoms with Gasteiger partial charge in [-0.25, -0.2) is 18.2 Å². The fraction of sp³-hybridized carbons (Fsp3) is 0.0526. The number of nitrogens with one attached hydrogen (secondary N) is 1. The molecule has 0 radical (unpaired) electrons. The third-order valence-corrected chi connectivity index (χ3v) is 5.75. The van der Waals surface area contributed by atoms with E-state index in [1.807, 2.05) is 54.6 Å². The molecular formula is C19H16N2O4S2. The number of carboxylic acid groups (broad SMARTS) is 1. The summed E-state index contributed by atoms with van der Waals surface area (Å²) in [5.74, 6) is -1.56. The van der Waals surface area contributed by atoms with Crippen molar-refractivity contribution in [2.24, 2.45) is 0 Å². The number of sulfonamides is 1. The summed E-state index contributed by atoms with van der Waals surface area (Å²) >= 11 is 0.931. The topological polar surface area (TPSA) is 96.4 Å². The molecule has 0 aliphatic rings. The predicted molar refractivity (Wildman–Crippen MR) is 107 cm³/mol. The molecular weight excluding hydrogens is 384 g/mol. The lowest BCUT2D eigenvalue weighted by atomic mass is 10.1. The minimum absolute atomic E-state index is 0.000177. The van der Waals surface area contributed by atoms with Crippen LogP contribution in [0.3, 0.4) is 0 Å². The number of carbonyl (C=O) groups is 1. The maximum Gasteiger partial charge on any atom is 0.357 e. The number of benzene rings is 2. The standard InChI is InChI=1S/C19H16N2O4S2/c22-19(23)17-18(26-13-20-17)21-27(24,25)12-16-9-5-4-8-15(16)11-10-14-6-2-1-3-7-14/h1-11,13,21H,12H2,(H,22,23). The van der Waals surface area contributed by atoms with Crippen LogP contribution in [0.2, 0.25) is 0 Å². The lowest BCUT2D eigenvalue weighted by Gasteiger charge is -2.09. The lowest BCUT2D eigenvalue weighted by Crippen LogP contribution is -2.16. The fourth-order valence-corrected chi connectivity index (χ4v) is 4.64. The molecule has 6 nitrogen and oxygen atoms in total. The van der Waals surface area contributed by atoms with Crippen molar-refractivity contribution in [1.29, 1.82) is 0 Å². The summed E-state index contributed by atoms with van der Waals surface area (Å²) in [6.45, 7) is 0. The van der Waals surface area contributed by atoms with Gasteiger partial charge in [0.25, 0.3) is 0 Å². The quantitative estimate of drug-likeness (QED) is 0.585. The maximum atomic E-state index is 12.5. The Morgan fingerprint density at radius 1 is 1.07 bits per heavy atom. The molecule has 3 rings (SSSR count). The van der Waals surface area contributed by atoms with Crippen molar-refractivity contribution in [2.75, 3.05) is 4.72 Å². The Kier molecular flexibility index (Phi) is 5.68. The molecule has 8 heteroatoms. The van der Waals surface area contributed by atoms with Gasteiger partial charge in [0.15, 0.2) is 5.69 Å². The summed E-state index contributed by atoms with van der Waals surface area (Å²) in [5.41, 5.74) is 3.37. The van der Waals surface area contributed by atoms with E-state index in [1.54, 1.807) is 12.1 Å². The van der Waals surface area contributed by atoms with Crippen molar-refractivity contribution in [3.63, 3.8) is 0 Å². The van der Waals surface area contributed by atoms with Crippen molar-refractivity contribution in [2.45, 2.75) is 5.75 Å². The van der Waals surface area contributed by atoms with Crippen LogP contribution in [0, 0.1) is 0 Å². The lowest BCUT2D eigenvalue weighted by molar-refractivity contribution is 0.0692. The van der Waals surface area contributed by atoms with Crippen LogP contribution >= 0.6 is 11.3 Å². The first-order chi connectivity index (χ1) is 12.9. The van der Waals surface area contributed by atoms with Crippen molar-refractivity contribution in [1.82, 2.24) is 4.98 Å². The number of aromatic nitrogens is 1. The minimum Gasteiger partial charge on any atom is -0.476 e. The van der Waals surface area contributed by atoms with E-state index in [2.05, 4.69) is 9.71 Å². The van der Waals surface area contributed by atoms with Gasteiger partial charge in [0.1, 0.15) is 5.00 Å². The van der Waals surface area contributed by atoms with Gasteiger partial charge in [-0.2, -0.15) is 0 Å². The number of thiazole rings is 1. The molecule has 1 heterocycles. The van der Waals surface area contributed by atoms with E-state index in [4.69, 9.17) is 5.11 Å². The van der Waals surface area contributed by atoms with Crippen molar-refractivity contribution < 1.29 is 18.3 Å². The van der Waals surface area contributed by atoms with Gasteiger partial charge in [0.05, 0.1) is 11.3 Å². The summed E-state index contributed by atoms with van der Waals surface area (Å²) in [6.07, 6.45) is 3.76. The van der Waals surface area contributed by atoms with Gasteiger partial charge < -0.3 is 5.11 Å². The van der Waals surface area contributed by atoms with Gasteiger partial charge >= 0.3 is 5.97 Å².